The van der Waals surface area contributed by atoms with Crippen molar-refractivity contribution in [2.24, 2.45) is 0 Å². The highest BCUT2D eigenvalue weighted by molar-refractivity contribution is 5.82. The Morgan fingerprint density at radius 1 is 0.955 bits per heavy atom. The zero-order chi connectivity index (χ0) is 15.4. The van der Waals surface area contributed by atoms with Crippen LogP contribution in [0, 0.1) is 11.3 Å². The van der Waals surface area contributed by atoms with E-state index in [9.17, 15) is 5.26 Å². The van der Waals surface area contributed by atoms with Crippen molar-refractivity contribution in [2.75, 3.05) is 13.1 Å². The maximum absolute atomic E-state index is 10.0. The summed E-state index contributed by atoms with van der Waals surface area (Å²) in [5.41, 5.74) is 4.35. The number of nitriles is 1. The van der Waals surface area contributed by atoms with Crippen LogP contribution in [0.1, 0.15) is 37.3 Å². The van der Waals surface area contributed by atoms with Gasteiger partial charge in [-0.3, -0.25) is 0 Å². The minimum Gasteiger partial charge on any atom is -0.317 e. The molecule has 2 aromatic carbocycles. The number of fused-ring (bicyclic) bond motifs is 3. The lowest BCUT2D eigenvalue weighted by atomic mass is 9.75. The largest absolute Gasteiger partial charge is 0.317 e. The van der Waals surface area contributed by atoms with Gasteiger partial charge in [-0.05, 0) is 54.6 Å². The summed E-state index contributed by atoms with van der Waals surface area (Å²) in [6.07, 6.45) is 3.06. The summed E-state index contributed by atoms with van der Waals surface area (Å²) in [7, 11) is 0. The Kier molecular flexibility index (Phi) is 4.27. The van der Waals surface area contributed by atoms with Crippen LogP contribution in [0.15, 0.2) is 48.5 Å². The average Bonchev–Trinajstić information content (AvgIpc) is 2.86. The molecule has 3 rings (SSSR count). The van der Waals surface area contributed by atoms with E-state index in [0.717, 1.165) is 32.4 Å². The van der Waals surface area contributed by atoms with E-state index in [1.54, 1.807) is 0 Å². The molecule has 0 aromatic heterocycles. The number of rotatable bonds is 6. The lowest BCUT2D eigenvalue weighted by Crippen LogP contribution is -2.23. The molecule has 0 heterocycles. The van der Waals surface area contributed by atoms with Gasteiger partial charge in [0.15, 0.2) is 0 Å². The van der Waals surface area contributed by atoms with Crippen molar-refractivity contribution in [1.29, 1.82) is 5.26 Å². The van der Waals surface area contributed by atoms with Crippen LogP contribution in [-0.4, -0.2) is 13.1 Å². The zero-order valence-electron chi connectivity index (χ0n) is 13.1. The number of nitrogens with zero attached hydrogens (tertiary/aromatic N) is 1. The highest BCUT2D eigenvalue weighted by atomic mass is 14.8. The van der Waals surface area contributed by atoms with Crippen LogP contribution in [0.5, 0.6) is 0 Å². The van der Waals surface area contributed by atoms with Gasteiger partial charge in [-0.15, -0.1) is 0 Å². The summed E-state index contributed by atoms with van der Waals surface area (Å²) in [5.74, 6) is 0. The summed E-state index contributed by atoms with van der Waals surface area (Å²) in [6, 6.07) is 19.4. The van der Waals surface area contributed by atoms with Crippen molar-refractivity contribution in [3.8, 4) is 17.2 Å². The van der Waals surface area contributed by atoms with Gasteiger partial charge in [0, 0.05) is 0 Å². The smallest absolute Gasteiger partial charge is 0.108 e. The van der Waals surface area contributed by atoms with Crippen molar-refractivity contribution < 1.29 is 0 Å². The third kappa shape index (κ3) is 2.32. The first-order valence-corrected chi connectivity index (χ1v) is 8.15. The van der Waals surface area contributed by atoms with Gasteiger partial charge < -0.3 is 5.32 Å². The number of unbranched alkanes of at least 4 members (excludes halogenated alkanes) is 1. The van der Waals surface area contributed by atoms with E-state index in [1.807, 2.05) is 0 Å². The van der Waals surface area contributed by atoms with Crippen LogP contribution in [-0.2, 0) is 5.41 Å². The van der Waals surface area contributed by atoms with Gasteiger partial charge in [-0.2, -0.15) is 5.26 Å². The van der Waals surface area contributed by atoms with Crippen molar-refractivity contribution in [2.45, 2.75) is 31.6 Å². The van der Waals surface area contributed by atoms with Gasteiger partial charge in [0.1, 0.15) is 5.41 Å². The molecule has 112 valence electrons. The molecule has 0 spiro atoms. The normalized spacial score (nSPS) is 14.2. The van der Waals surface area contributed by atoms with Crippen LogP contribution in [0.4, 0.5) is 0 Å². The molecule has 0 radical (unpaired) electrons. The van der Waals surface area contributed by atoms with E-state index in [0.29, 0.717) is 0 Å². The van der Waals surface area contributed by atoms with Crippen LogP contribution in [0.3, 0.4) is 0 Å². The Labute approximate surface area is 132 Å². The number of nitrogens with one attached hydrogen (secondary N) is 1. The van der Waals surface area contributed by atoms with E-state index in [4.69, 9.17) is 0 Å². The maximum Gasteiger partial charge on any atom is 0.108 e. The van der Waals surface area contributed by atoms with Gasteiger partial charge in [0.2, 0.25) is 0 Å². The van der Waals surface area contributed by atoms with Crippen LogP contribution >= 0.6 is 0 Å². The fourth-order valence-electron chi connectivity index (χ4n) is 3.59. The molecule has 2 aromatic rings. The topological polar surface area (TPSA) is 35.8 Å². The second-order valence-corrected chi connectivity index (χ2v) is 5.92. The average molecular weight is 290 g/mol. The maximum atomic E-state index is 10.0. The van der Waals surface area contributed by atoms with Gasteiger partial charge >= 0.3 is 0 Å². The van der Waals surface area contributed by atoms with Crippen molar-refractivity contribution in [3.05, 3.63) is 59.7 Å². The summed E-state index contributed by atoms with van der Waals surface area (Å²) >= 11 is 0. The Morgan fingerprint density at radius 2 is 1.55 bits per heavy atom. The second-order valence-electron chi connectivity index (χ2n) is 5.92. The second kappa shape index (κ2) is 6.34. The highest BCUT2D eigenvalue weighted by Crippen LogP contribution is 2.50. The molecule has 0 unspecified atom stereocenters. The summed E-state index contributed by atoms with van der Waals surface area (Å²) in [6.45, 7) is 4.16. The molecule has 22 heavy (non-hydrogen) atoms. The predicted octanol–water partition coefficient (Wildman–Crippen LogP) is 4.26. The molecule has 0 atom stereocenters. The first-order chi connectivity index (χ1) is 10.8. The minimum atomic E-state index is -0.473. The Hall–Kier alpha value is -2.11. The summed E-state index contributed by atoms with van der Waals surface area (Å²) < 4.78 is 0. The third-order valence-electron chi connectivity index (χ3n) is 4.66. The Bertz CT molecular complexity index is 651. The van der Waals surface area contributed by atoms with Crippen LogP contribution < -0.4 is 5.32 Å². The first kappa shape index (κ1) is 14.8. The van der Waals surface area contributed by atoms with Crippen molar-refractivity contribution in [3.63, 3.8) is 0 Å². The van der Waals surface area contributed by atoms with Crippen LogP contribution in [0.25, 0.3) is 11.1 Å². The molecule has 0 amide bonds. The number of hydrogen-bond acceptors (Lipinski definition) is 2. The van der Waals surface area contributed by atoms with E-state index in [-0.39, 0.29) is 0 Å². The lowest BCUT2D eigenvalue weighted by Gasteiger charge is -2.24. The third-order valence-corrected chi connectivity index (χ3v) is 4.66. The lowest BCUT2D eigenvalue weighted by molar-refractivity contribution is 0.536. The first-order valence-electron chi connectivity index (χ1n) is 8.15. The molecule has 0 fully saturated rings. The molecule has 1 aliphatic rings. The Balaban J connectivity index is 1.95. The summed E-state index contributed by atoms with van der Waals surface area (Å²) in [5, 5.41) is 13.4. The fourth-order valence-corrected chi connectivity index (χ4v) is 3.59. The molecule has 1 N–H and O–H groups in total. The quantitative estimate of drug-likeness (QED) is 0.807. The molecular weight excluding hydrogens is 268 g/mol. The fraction of sp³-hybridized carbons (Fsp3) is 0.350. The van der Waals surface area contributed by atoms with E-state index in [1.165, 1.54) is 22.3 Å². The predicted molar refractivity (Wildman–Crippen MR) is 90.7 cm³/mol. The minimum absolute atomic E-state index is 0.473. The molecule has 2 heteroatoms. The van der Waals surface area contributed by atoms with Crippen molar-refractivity contribution in [1.82, 2.24) is 5.32 Å². The number of hydrogen-bond donors (Lipinski definition) is 1. The van der Waals surface area contributed by atoms with E-state index in [2.05, 4.69) is 66.8 Å². The number of benzene rings is 2. The van der Waals surface area contributed by atoms with E-state index >= 15 is 0 Å². The van der Waals surface area contributed by atoms with E-state index < -0.39 is 5.41 Å². The van der Waals surface area contributed by atoms with Gasteiger partial charge in [-0.1, -0.05) is 55.5 Å². The molecule has 1 aliphatic carbocycles. The molecule has 2 nitrogen and oxygen atoms in total. The highest BCUT2D eigenvalue weighted by Gasteiger charge is 2.42. The van der Waals surface area contributed by atoms with Gasteiger partial charge in [0.25, 0.3) is 0 Å². The molecular formula is C20H22N2. The molecule has 0 aliphatic heterocycles. The Morgan fingerprint density at radius 3 is 2.09 bits per heavy atom. The summed E-state index contributed by atoms with van der Waals surface area (Å²) in [4.78, 5) is 0. The SMILES string of the molecule is CCNCCCCC1(C#N)c2ccccc2-c2ccccc21. The molecule has 0 saturated carbocycles. The molecule has 0 saturated heterocycles. The molecule has 0 bridgehead atoms. The monoisotopic (exact) mass is 290 g/mol. The van der Waals surface area contributed by atoms with Crippen LogP contribution in [0.2, 0.25) is 0 Å². The van der Waals surface area contributed by atoms with Gasteiger partial charge in [-0.25, -0.2) is 0 Å². The zero-order valence-corrected chi connectivity index (χ0v) is 13.1. The standard InChI is InChI=1S/C20H22N2/c1-2-22-14-8-7-13-20(15-21)18-11-5-3-9-16(18)17-10-4-6-12-19(17)20/h3-6,9-12,22H,2,7-8,13-14H2,1H3. The van der Waals surface area contributed by atoms with Gasteiger partial charge in [0.05, 0.1) is 6.07 Å². The van der Waals surface area contributed by atoms with Crippen molar-refractivity contribution >= 4 is 0 Å².